The van der Waals surface area contributed by atoms with Gasteiger partial charge in [-0.15, -0.1) is 6.58 Å². The van der Waals surface area contributed by atoms with E-state index >= 15 is 0 Å². The molecule has 0 radical (unpaired) electrons. The summed E-state index contributed by atoms with van der Waals surface area (Å²) in [6.07, 6.45) is -0.180. The van der Waals surface area contributed by atoms with Crippen LogP contribution >= 0.6 is 0 Å². The van der Waals surface area contributed by atoms with E-state index in [1.807, 2.05) is 0 Å². The number of aliphatic imine (C=N–C) groups is 1. The second-order valence-electron chi connectivity index (χ2n) is 6.74. The van der Waals surface area contributed by atoms with E-state index < -0.39 is 30.0 Å². The van der Waals surface area contributed by atoms with Crippen LogP contribution in [0, 0.1) is 0 Å². The van der Waals surface area contributed by atoms with Gasteiger partial charge in [0.2, 0.25) is 5.91 Å². The molecule has 1 unspecified atom stereocenters. The number of ether oxygens (including phenoxy) is 1. The zero-order valence-electron chi connectivity index (χ0n) is 15.9. The Balaban J connectivity index is 2.09. The molecule has 3 atom stereocenters. The summed E-state index contributed by atoms with van der Waals surface area (Å²) in [6.45, 7) is 7.22. The molecular weight excluding hydrogens is 362 g/mol. The van der Waals surface area contributed by atoms with Crippen molar-refractivity contribution in [3.05, 3.63) is 42.0 Å². The average Bonchev–Trinajstić information content (AvgIpc) is 2.92. The lowest BCUT2D eigenvalue weighted by atomic mass is 10.1. The minimum Gasteiger partial charge on any atom is -0.370 e. The zero-order valence-corrected chi connectivity index (χ0v) is 15.9. The van der Waals surface area contributed by atoms with Crippen molar-refractivity contribution in [1.82, 2.24) is 10.6 Å². The van der Waals surface area contributed by atoms with Crippen molar-refractivity contribution in [3.8, 4) is 0 Å². The molecule has 1 aliphatic heterocycles. The van der Waals surface area contributed by atoms with Crippen LogP contribution in [0.2, 0.25) is 0 Å². The van der Waals surface area contributed by atoms with Crippen molar-refractivity contribution < 1.29 is 19.1 Å². The van der Waals surface area contributed by atoms with Gasteiger partial charge >= 0.3 is 0 Å². The Hall–Kier alpha value is -3.20. The molecule has 1 aliphatic rings. The van der Waals surface area contributed by atoms with E-state index in [0.717, 1.165) is 0 Å². The molecule has 0 aliphatic carbocycles. The number of nitrogens with zero attached hydrogens (tertiary/aromatic N) is 1. The Morgan fingerprint density at radius 3 is 2.46 bits per heavy atom. The Kier molecular flexibility index (Phi) is 6.89. The quantitative estimate of drug-likeness (QED) is 0.297. The number of hydrogen-bond donors (Lipinski definition) is 4. The minimum atomic E-state index is -0.872. The monoisotopic (exact) mass is 387 g/mol. The van der Waals surface area contributed by atoms with Crippen molar-refractivity contribution in [2.45, 2.75) is 38.5 Å². The molecule has 0 spiro atoms. The molecule has 1 aromatic rings. The number of carbonyl (C=O) groups excluding carboxylic acids is 3. The van der Waals surface area contributed by atoms with Crippen LogP contribution in [-0.4, -0.2) is 48.4 Å². The first-order valence-electron chi connectivity index (χ1n) is 8.77. The highest BCUT2D eigenvalue weighted by Gasteiger charge is 2.35. The molecule has 150 valence electrons. The summed E-state index contributed by atoms with van der Waals surface area (Å²) in [7, 11) is 0. The molecule has 1 aromatic carbocycles. The number of guanidine groups is 1. The van der Waals surface area contributed by atoms with E-state index in [-0.39, 0.29) is 24.8 Å². The van der Waals surface area contributed by atoms with Crippen molar-refractivity contribution >= 4 is 29.2 Å². The lowest BCUT2D eigenvalue weighted by Gasteiger charge is -2.22. The van der Waals surface area contributed by atoms with E-state index in [4.69, 9.17) is 16.2 Å². The summed E-state index contributed by atoms with van der Waals surface area (Å²) in [6, 6.07) is 4.66. The van der Waals surface area contributed by atoms with Crippen molar-refractivity contribution in [2.24, 2.45) is 16.5 Å². The maximum atomic E-state index is 12.6. The van der Waals surface area contributed by atoms with Crippen LogP contribution < -0.4 is 22.1 Å². The molecule has 9 nitrogen and oxygen atoms in total. The summed E-state index contributed by atoms with van der Waals surface area (Å²) >= 11 is 0. The number of ketones is 1. The van der Waals surface area contributed by atoms with Crippen LogP contribution in [0.4, 0.5) is 5.69 Å². The molecule has 6 N–H and O–H groups in total. The average molecular weight is 387 g/mol. The fourth-order valence-corrected chi connectivity index (χ4v) is 2.75. The molecule has 0 saturated carbocycles. The Morgan fingerprint density at radius 2 is 1.96 bits per heavy atom. The van der Waals surface area contributed by atoms with Crippen LogP contribution in [0.25, 0.3) is 0 Å². The smallest absolute Gasteiger partial charge is 0.251 e. The minimum absolute atomic E-state index is 0.0359. The Bertz CT molecular complexity index is 799. The molecule has 1 saturated heterocycles. The maximum absolute atomic E-state index is 12.6. The van der Waals surface area contributed by atoms with Gasteiger partial charge < -0.3 is 26.8 Å². The number of Topliss-reactive ketones (excluding diaryl/α,β-unsaturated/α-hetero) is 1. The van der Waals surface area contributed by atoms with E-state index in [1.54, 1.807) is 38.1 Å². The van der Waals surface area contributed by atoms with E-state index in [9.17, 15) is 14.4 Å². The summed E-state index contributed by atoms with van der Waals surface area (Å²) < 4.78 is 5.23. The Morgan fingerprint density at radius 1 is 1.32 bits per heavy atom. The third kappa shape index (κ3) is 5.65. The summed E-state index contributed by atoms with van der Waals surface area (Å²) in [5.74, 6) is -1.20. The first-order chi connectivity index (χ1) is 13.2. The van der Waals surface area contributed by atoms with Crippen LogP contribution in [-0.2, 0) is 14.3 Å². The van der Waals surface area contributed by atoms with Gasteiger partial charge in [-0.25, -0.2) is 4.99 Å². The van der Waals surface area contributed by atoms with Crippen LogP contribution in [0.3, 0.4) is 0 Å². The molecular formula is C19H25N5O4. The van der Waals surface area contributed by atoms with E-state index in [0.29, 0.717) is 16.8 Å². The predicted molar refractivity (Wildman–Crippen MR) is 105 cm³/mol. The number of amides is 2. The number of rotatable bonds is 7. The van der Waals surface area contributed by atoms with Gasteiger partial charge in [0.25, 0.3) is 5.91 Å². The second-order valence-corrected chi connectivity index (χ2v) is 6.74. The molecule has 2 rings (SSSR count). The lowest BCUT2D eigenvalue weighted by molar-refractivity contribution is -0.127. The number of hydrogen-bond acceptors (Lipinski definition) is 5. The van der Waals surface area contributed by atoms with Gasteiger partial charge in [0.1, 0.15) is 18.7 Å². The van der Waals surface area contributed by atoms with Gasteiger partial charge in [-0.05, 0) is 44.5 Å². The van der Waals surface area contributed by atoms with Gasteiger partial charge in [-0.2, -0.15) is 0 Å². The van der Waals surface area contributed by atoms with Gasteiger partial charge in [0, 0.05) is 5.56 Å². The molecule has 28 heavy (non-hydrogen) atoms. The van der Waals surface area contributed by atoms with Crippen molar-refractivity contribution in [1.29, 1.82) is 0 Å². The van der Waals surface area contributed by atoms with Crippen LogP contribution in [0.15, 0.2) is 41.4 Å². The SMILES string of the molecule is C=C(C)CC(NC(=O)c1ccc(N=C(N)N)cc1)C(=O)N[C@@H]1C(=O)CO[C@@H]1C. The summed E-state index contributed by atoms with van der Waals surface area (Å²) in [4.78, 5) is 40.9. The number of benzene rings is 1. The number of nitrogens with one attached hydrogen (secondary N) is 2. The van der Waals surface area contributed by atoms with Crippen LogP contribution in [0.1, 0.15) is 30.6 Å². The third-order valence-electron chi connectivity index (χ3n) is 4.16. The first-order valence-corrected chi connectivity index (χ1v) is 8.77. The second kappa shape index (κ2) is 9.14. The predicted octanol–water partition coefficient (Wildman–Crippen LogP) is 0.129. The van der Waals surface area contributed by atoms with E-state index in [1.165, 1.54) is 0 Å². The molecule has 0 bridgehead atoms. The van der Waals surface area contributed by atoms with Crippen molar-refractivity contribution in [2.75, 3.05) is 6.61 Å². The largest absolute Gasteiger partial charge is 0.370 e. The Labute approximate surface area is 163 Å². The standard InChI is InChI=1S/C19H25N5O4/c1-10(2)8-14(18(27)24-16-11(3)28-9-15(16)25)23-17(26)12-4-6-13(7-5-12)22-19(20)21/h4-7,11,14,16H,1,8-9H2,2-3H3,(H,23,26)(H,24,27)(H4,20,21,22)/t11-,14?,16+/m1/s1. The highest BCUT2D eigenvalue weighted by Crippen LogP contribution is 2.14. The van der Waals surface area contributed by atoms with E-state index in [2.05, 4.69) is 22.2 Å². The van der Waals surface area contributed by atoms with Gasteiger partial charge in [0.05, 0.1) is 11.8 Å². The molecule has 1 fully saturated rings. The fourth-order valence-electron chi connectivity index (χ4n) is 2.75. The number of nitrogens with two attached hydrogens (primary N) is 2. The highest BCUT2D eigenvalue weighted by atomic mass is 16.5. The third-order valence-corrected chi connectivity index (χ3v) is 4.16. The fraction of sp³-hybridized carbons (Fsp3) is 0.368. The number of carbonyl (C=O) groups is 3. The van der Waals surface area contributed by atoms with Crippen molar-refractivity contribution in [3.63, 3.8) is 0 Å². The molecule has 2 amide bonds. The normalized spacial score (nSPS) is 19.6. The molecule has 9 heteroatoms. The van der Waals surface area contributed by atoms with Gasteiger partial charge in [-0.1, -0.05) is 5.57 Å². The lowest BCUT2D eigenvalue weighted by Crippen LogP contribution is -2.53. The topological polar surface area (TPSA) is 149 Å². The molecule has 1 heterocycles. The highest BCUT2D eigenvalue weighted by molar-refractivity contribution is 5.99. The van der Waals surface area contributed by atoms with Gasteiger partial charge in [0.15, 0.2) is 11.7 Å². The summed E-state index contributed by atoms with van der Waals surface area (Å²) in [5, 5.41) is 5.34. The molecule has 0 aromatic heterocycles. The zero-order chi connectivity index (χ0) is 20.8. The summed E-state index contributed by atoms with van der Waals surface area (Å²) in [5.41, 5.74) is 12.2. The van der Waals surface area contributed by atoms with Crippen LogP contribution in [0.5, 0.6) is 0 Å². The maximum Gasteiger partial charge on any atom is 0.251 e. The van der Waals surface area contributed by atoms with Gasteiger partial charge in [-0.3, -0.25) is 14.4 Å². The first kappa shape index (κ1) is 21.1.